The van der Waals surface area contributed by atoms with Gasteiger partial charge in [0.25, 0.3) is 0 Å². The van der Waals surface area contributed by atoms with Crippen LogP contribution in [0.3, 0.4) is 0 Å². The molecule has 0 aromatic heterocycles. The topological polar surface area (TPSA) is 55.8 Å². The second-order valence-electron chi connectivity index (χ2n) is 8.16. The first-order chi connectivity index (χ1) is 10.3. The van der Waals surface area contributed by atoms with Gasteiger partial charge < -0.3 is 14.6 Å². The molecule has 0 amide bonds. The predicted octanol–water partition coefficient (Wildman–Crippen LogP) is 2.92. The molecule has 22 heavy (non-hydrogen) atoms. The van der Waals surface area contributed by atoms with Crippen LogP contribution < -0.4 is 0 Å². The molecule has 4 nitrogen and oxygen atoms in total. The Balaban J connectivity index is 1.99. The smallest absolute Gasteiger partial charge is 0.314 e. The normalized spacial score (nSPS) is 51.0. The summed E-state index contributed by atoms with van der Waals surface area (Å²) in [6, 6.07) is 0. The second kappa shape index (κ2) is 5.20. The lowest BCUT2D eigenvalue weighted by Gasteiger charge is -2.61. The summed E-state index contributed by atoms with van der Waals surface area (Å²) >= 11 is 0. The van der Waals surface area contributed by atoms with Gasteiger partial charge in [-0.15, -0.1) is 0 Å². The van der Waals surface area contributed by atoms with Gasteiger partial charge in [0.1, 0.15) is 0 Å². The number of hydrogen-bond donors (Lipinski definition) is 1. The molecule has 3 fully saturated rings. The number of carbonyl (C=O) groups is 1. The quantitative estimate of drug-likeness (QED) is 0.797. The maximum Gasteiger partial charge on any atom is 0.314 e. The summed E-state index contributed by atoms with van der Waals surface area (Å²) in [5.74, 6) is 0.420. The third kappa shape index (κ3) is 1.99. The van der Waals surface area contributed by atoms with Gasteiger partial charge in [-0.25, -0.2) is 0 Å². The van der Waals surface area contributed by atoms with Crippen LogP contribution in [0, 0.1) is 22.7 Å². The Morgan fingerprint density at radius 3 is 2.59 bits per heavy atom. The number of ether oxygens (including phenoxy) is 2. The van der Waals surface area contributed by atoms with Crippen LogP contribution in [0.25, 0.3) is 0 Å². The van der Waals surface area contributed by atoms with Gasteiger partial charge in [-0.2, -0.15) is 0 Å². The second-order valence-corrected chi connectivity index (χ2v) is 8.16. The van der Waals surface area contributed by atoms with Gasteiger partial charge in [0.2, 0.25) is 0 Å². The first-order valence-corrected chi connectivity index (χ1v) is 8.78. The van der Waals surface area contributed by atoms with E-state index in [0.717, 1.165) is 32.3 Å². The summed E-state index contributed by atoms with van der Waals surface area (Å²) in [6.07, 6.45) is 4.01. The summed E-state index contributed by atoms with van der Waals surface area (Å²) in [5, 5.41) is 10.7. The lowest BCUT2D eigenvalue weighted by molar-refractivity contribution is -0.206. The monoisotopic (exact) mass is 310 g/mol. The lowest BCUT2D eigenvalue weighted by Crippen LogP contribution is -2.62. The minimum Gasteiger partial charge on any atom is -0.465 e. The van der Waals surface area contributed by atoms with E-state index >= 15 is 0 Å². The molecule has 1 heterocycles. The highest BCUT2D eigenvalue weighted by molar-refractivity contribution is 5.78. The Kier molecular flexibility index (Phi) is 3.84. The zero-order valence-corrected chi connectivity index (χ0v) is 14.4. The van der Waals surface area contributed by atoms with Crippen LogP contribution in [-0.2, 0) is 14.3 Å². The number of carbonyl (C=O) groups excluding carboxylic acids is 1. The molecule has 0 unspecified atom stereocenters. The van der Waals surface area contributed by atoms with Crippen LogP contribution in [0.4, 0.5) is 0 Å². The Hall–Kier alpha value is -0.610. The summed E-state index contributed by atoms with van der Waals surface area (Å²) in [7, 11) is 0. The molecule has 0 aromatic carbocycles. The fourth-order valence-electron chi connectivity index (χ4n) is 5.97. The van der Waals surface area contributed by atoms with Crippen molar-refractivity contribution in [2.75, 3.05) is 13.2 Å². The number of fused-ring (bicyclic) bond motifs is 3. The number of hydrogen-bond acceptors (Lipinski definition) is 4. The standard InChI is InChI=1S/C18H30O4/c1-5-21-15(20)18(4)13-6-10-17(3)12(8-11-22-17)16(13,2)9-7-14(18)19/h12-14,19H,5-11H2,1-4H3/t12-,13-,14+,16-,17-,18-/m0/s1. The van der Waals surface area contributed by atoms with E-state index in [0.29, 0.717) is 18.9 Å². The summed E-state index contributed by atoms with van der Waals surface area (Å²) in [5.41, 5.74) is -0.791. The van der Waals surface area contributed by atoms with Crippen LogP contribution in [0.1, 0.15) is 59.8 Å². The first kappa shape index (κ1) is 16.3. The molecule has 6 atom stereocenters. The third-order valence-electron chi connectivity index (χ3n) is 7.18. The Morgan fingerprint density at radius 1 is 1.18 bits per heavy atom. The molecule has 0 spiro atoms. The molecule has 0 aromatic rings. The van der Waals surface area contributed by atoms with Crippen LogP contribution in [0.15, 0.2) is 0 Å². The fourth-order valence-corrected chi connectivity index (χ4v) is 5.97. The van der Waals surface area contributed by atoms with Crippen molar-refractivity contribution < 1.29 is 19.4 Å². The SMILES string of the molecule is CCOC(=O)[C@]1(C)[C@H](O)CC[C@]2(C)[C@@H]1CC[C@]1(C)OCC[C@@H]21. The molecule has 126 valence electrons. The van der Waals surface area contributed by atoms with Crippen molar-refractivity contribution in [1.29, 1.82) is 0 Å². The molecule has 3 rings (SSSR count). The molecule has 1 N–H and O–H groups in total. The van der Waals surface area contributed by atoms with Crippen molar-refractivity contribution in [3.63, 3.8) is 0 Å². The van der Waals surface area contributed by atoms with Crippen LogP contribution in [0.5, 0.6) is 0 Å². The van der Waals surface area contributed by atoms with E-state index in [-0.39, 0.29) is 22.9 Å². The molecule has 0 bridgehead atoms. The van der Waals surface area contributed by atoms with E-state index in [1.165, 1.54) is 0 Å². The highest BCUT2D eigenvalue weighted by atomic mass is 16.5. The zero-order chi connectivity index (χ0) is 16.2. The third-order valence-corrected chi connectivity index (χ3v) is 7.18. The van der Waals surface area contributed by atoms with E-state index < -0.39 is 11.5 Å². The van der Waals surface area contributed by atoms with Crippen molar-refractivity contribution in [2.45, 2.75) is 71.5 Å². The molecule has 1 saturated heterocycles. The van der Waals surface area contributed by atoms with Crippen LogP contribution >= 0.6 is 0 Å². The lowest BCUT2D eigenvalue weighted by atomic mass is 9.44. The average molecular weight is 310 g/mol. The number of esters is 1. The summed E-state index contributed by atoms with van der Waals surface area (Å²) in [6.45, 7) is 9.50. The van der Waals surface area contributed by atoms with Gasteiger partial charge in [-0.1, -0.05) is 6.92 Å². The van der Waals surface area contributed by atoms with Crippen LogP contribution in [0.2, 0.25) is 0 Å². The van der Waals surface area contributed by atoms with Crippen LogP contribution in [-0.4, -0.2) is 36.0 Å². The minimum absolute atomic E-state index is 0.0459. The molecular weight excluding hydrogens is 280 g/mol. The Labute approximate surface area is 133 Å². The van der Waals surface area contributed by atoms with Gasteiger partial charge in [0.05, 0.1) is 23.7 Å². The molecule has 2 saturated carbocycles. The Bertz CT molecular complexity index is 464. The maximum atomic E-state index is 12.7. The first-order valence-electron chi connectivity index (χ1n) is 8.78. The van der Waals surface area contributed by atoms with Gasteiger partial charge in [0, 0.05) is 6.61 Å². The largest absolute Gasteiger partial charge is 0.465 e. The molecule has 4 heteroatoms. The maximum absolute atomic E-state index is 12.7. The summed E-state index contributed by atoms with van der Waals surface area (Å²) in [4.78, 5) is 12.7. The van der Waals surface area contributed by atoms with Gasteiger partial charge in [-0.05, 0) is 70.1 Å². The van der Waals surface area contributed by atoms with E-state index in [2.05, 4.69) is 13.8 Å². The summed E-state index contributed by atoms with van der Waals surface area (Å²) < 4.78 is 11.4. The van der Waals surface area contributed by atoms with E-state index in [1.54, 1.807) is 0 Å². The average Bonchev–Trinajstić information content (AvgIpc) is 2.87. The van der Waals surface area contributed by atoms with E-state index in [1.807, 2.05) is 13.8 Å². The molecular formula is C18H30O4. The van der Waals surface area contributed by atoms with E-state index in [9.17, 15) is 9.90 Å². The predicted molar refractivity (Wildman–Crippen MR) is 83.3 cm³/mol. The van der Waals surface area contributed by atoms with Gasteiger partial charge >= 0.3 is 5.97 Å². The highest BCUT2D eigenvalue weighted by Gasteiger charge is 2.65. The minimum atomic E-state index is -0.785. The number of aliphatic hydroxyl groups excluding tert-OH is 1. The number of rotatable bonds is 2. The fraction of sp³-hybridized carbons (Fsp3) is 0.944. The van der Waals surface area contributed by atoms with E-state index in [4.69, 9.17) is 9.47 Å². The molecule has 1 aliphatic heterocycles. The van der Waals surface area contributed by atoms with Crippen molar-refractivity contribution >= 4 is 5.97 Å². The van der Waals surface area contributed by atoms with Gasteiger partial charge in [0.15, 0.2) is 0 Å². The zero-order valence-electron chi connectivity index (χ0n) is 14.4. The molecule has 0 radical (unpaired) electrons. The van der Waals surface area contributed by atoms with Crippen molar-refractivity contribution in [3.8, 4) is 0 Å². The van der Waals surface area contributed by atoms with Crippen molar-refractivity contribution in [2.24, 2.45) is 22.7 Å². The van der Waals surface area contributed by atoms with Crippen molar-refractivity contribution in [1.82, 2.24) is 0 Å². The Morgan fingerprint density at radius 2 is 1.91 bits per heavy atom. The molecule has 2 aliphatic carbocycles. The number of aliphatic hydroxyl groups is 1. The van der Waals surface area contributed by atoms with Gasteiger partial charge in [-0.3, -0.25) is 4.79 Å². The highest BCUT2D eigenvalue weighted by Crippen LogP contribution is 2.65. The molecule has 3 aliphatic rings. The van der Waals surface area contributed by atoms with Crippen molar-refractivity contribution in [3.05, 3.63) is 0 Å².